The van der Waals surface area contributed by atoms with E-state index in [2.05, 4.69) is 0 Å². The zero-order valence-corrected chi connectivity index (χ0v) is 12.4. The fraction of sp³-hybridized carbons (Fsp3) is 0.200. The Hall–Kier alpha value is -2.27. The van der Waals surface area contributed by atoms with Crippen LogP contribution >= 0.6 is 11.6 Å². The van der Waals surface area contributed by atoms with Gasteiger partial charge in [0.05, 0.1) is 17.1 Å². The van der Waals surface area contributed by atoms with E-state index in [-0.39, 0.29) is 17.3 Å². The van der Waals surface area contributed by atoms with E-state index in [0.29, 0.717) is 5.75 Å². The van der Waals surface area contributed by atoms with Gasteiger partial charge in [-0.2, -0.15) is 0 Å². The van der Waals surface area contributed by atoms with Gasteiger partial charge >= 0.3 is 0 Å². The van der Waals surface area contributed by atoms with Crippen LogP contribution in [0.3, 0.4) is 0 Å². The van der Waals surface area contributed by atoms with E-state index < -0.39 is 4.92 Å². The van der Waals surface area contributed by atoms with Gasteiger partial charge < -0.3 is 9.47 Å². The number of halogens is 1. The van der Waals surface area contributed by atoms with E-state index in [0.717, 1.165) is 16.9 Å². The molecule has 5 nitrogen and oxygen atoms in total. The monoisotopic (exact) mass is 307 g/mol. The standard InChI is InChI=1S/C15H14ClNO4/c1-10-3-5-14(20-2)11(7-10)9-21-15-6-4-12(17(18)19)8-13(15)16/h3-8H,9H2,1-2H3. The first-order chi connectivity index (χ1) is 10.0. The molecule has 6 heteroatoms. The lowest BCUT2D eigenvalue weighted by Gasteiger charge is -2.12. The van der Waals surface area contributed by atoms with Gasteiger partial charge in [-0.15, -0.1) is 0 Å². The van der Waals surface area contributed by atoms with Gasteiger partial charge in [-0.25, -0.2) is 0 Å². The van der Waals surface area contributed by atoms with Crippen molar-refractivity contribution in [3.8, 4) is 11.5 Å². The lowest BCUT2D eigenvalue weighted by molar-refractivity contribution is -0.384. The van der Waals surface area contributed by atoms with Crippen molar-refractivity contribution in [2.45, 2.75) is 13.5 Å². The van der Waals surface area contributed by atoms with Gasteiger partial charge in [0.1, 0.15) is 18.1 Å². The van der Waals surface area contributed by atoms with Crippen molar-refractivity contribution >= 4 is 17.3 Å². The summed E-state index contributed by atoms with van der Waals surface area (Å²) in [6.45, 7) is 2.24. The van der Waals surface area contributed by atoms with Crippen molar-refractivity contribution in [3.63, 3.8) is 0 Å². The van der Waals surface area contributed by atoms with Gasteiger partial charge in [-0.3, -0.25) is 10.1 Å². The maximum Gasteiger partial charge on any atom is 0.271 e. The topological polar surface area (TPSA) is 61.6 Å². The summed E-state index contributed by atoms with van der Waals surface area (Å²) in [5, 5.41) is 10.9. The van der Waals surface area contributed by atoms with Crippen LogP contribution in [-0.2, 0) is 6.61 Å². The van der Waals surface area contributed by atoms with Gasteiger partial charge in [-0.05, 0) is 25.1 Å². The SMILES string of the molecule is COc1ccc(C)cc1COc1ccc([N+](=O)[O-])cc1Cl. The Bertz CT molecular complexity index is 673. The molecule has 2 rings (SSSR count). The molecule has 0 N–H and O–H groups in total. The van der Waals surface area contributed by atoms with Crippen molar-refractivity contribution in [1.82, 2.24) is 0 Å². The number of ether oxygens (including phenoxy) is 2. The van der Waals surface area contributed by atoms with Crippen molar-refractivity contribution in [2.75, 3.05) is 7.11 Å². The smallest absolute Gasteiger partial charge is 0.271 e. The van der Waals surface area contributed by atoms with Crippen LogP contribution < -0.4 is 9.47 Å². The Kier molecular flexibility index (Phi) is 4.65. The highest BCUT2D eigenvalue weighted by Crippen LogP contribution is 2.30. The molecule has 21 heavy (non-hydrogen) atoms. The minimum absolute atomic E-state index is 0.0690. The number of methoxy groups -OCH3 is 1. The molecule has 0 atom stereocenters. The van der Waals surface area contributed by atoms with Crippen LogP contribution in [-0.4, -0.2) is 12.0 Å². The third-order valence-electron chi connectivity index (χ3n) is 2.95. The minimum Gasteiger partial charge on any atom is -0.496 e. The minimum atomic E-state index is -0.501. The number of hydrogen-bond acceptors (Lipinski definition) is 4. The second-order valence-corrected chi connectivity index (χ2v) is 4.88. The molecule has 2 aromatic rings. The number of nitro groups is 1. The fourth-order valence-electron chi connectivity index (χ4n) is 1.90. The Labute approximate surface area is 127 Å². The first-order valence-corrected chi connectivity index (χ1v) is 6.59. The highest BCUT2D eigenvalue weighted by molar-refractivity contribution is 6.32. The molecule has 0 fully saturated rings. The highest BCUT2D eigenvalue weighted by atomic mass is 35.5. The lowest BCUT2D eigenvalue weighted by atomic mass is 10.1. The van der Waals surface area contributed by atoms with E-state index in [1.54, 1.807) is 7.11 Å². The largest absolute Gasteiger partial charge is 0.496 e. The van der Waals surface area contributed by atoms with Crippen LogP contribution in [0.1, 0.15) is 11.1 Å². The summed E-state index contributed by atoms with van der Waals surface area (Å²) in [7, 11) is 1.59. The zero-order chi connectivity index (χ0) is 15.4. The molecule has 0 aliphatic heterocycles. The molecule has 0 unspecified atom stereocenters. The van der Waals surface area contributed by atoms with Crippen molar-refractivity contribution in [1.29, 1.82) is 0 Å². The normalized spacial score (nSPS) is 10.2. The molecule has 0 bridgehead atoms. The van der Waals surface area contributed by atoms with E-state index in [4.69, 9.17) is 21.1 Å². The summed E-state index contributed by atoms with van der Waals surface area (Å²) < 4.78 is 10.9. The van der Waals surface area contributed by atoms with Crippen LogP contribution in [0.15, 0.2) is 36.4 Å². The predicted octanol–water partition coefficient (Wildman–Crippen LogP) is 4.14. The Morgan fingerprint density at radius 1 is 1.19 bits per heavy atom. The Morgan fingerprint density at radius 2 is 1.90 bits per heavy atom. The second-order valence-electron chi connectivity index (χ2n) is 4.48. The molecular formula is C15H14ClNO4. The summed E-state index contributed by atoms with van der Waals surface area (Å²) in [6.07, 6.45) is 0. The third kappa shape index (κ3) is 3.64. The number of aryl methyl sites for hydroxylation is 1. The molecule has 0 saturated carbocycles. The summed E-state index contributed by atoms with van der Waals surface area (Å²) >= 11 is 5.98. The lowest BCUT2D eigenvalue weighted by Crippen LogP contribution is -2.00. The van der Waals surface area contributed by atoms with Crippen LogP contribution in [0.25, 0.3) is 0 Å². The maximum absolute atomic E-state index is 10.7. The van der Waals surface area contributed by atoms with Crippen LogP contribution in [0.4, 0.5) is 5.69 Å². The molecule has 0 heterocycles. The molecule has 0 amide bonds. The van der Waals surface area contributed by atoms with Gasteiger partial charge in [0.15, 0.2) is 0 Å². The summed E-state index contributed by atoms with van der Waals surface area (Å²) in [5.74, 6) is 1.12. The number of nitro benzene ring substituents is 1. The molecule has 0 saturated heterocycles. The number of hydrogen-bond donors (Lipinski definition) is 0. The van der Waals surface area contributed by atoms with Crippen molar-refractivity contribution < 1.29 is 14.4 Å². The average Bonchev–Trinajstić information content (AvgIpc) is 2.46. The van der Waals surface area contributed by atoms with E-state index in [9.17, 15) is 10.1 Å². The highest BCUT2D eigenvalue weighted by Gasteiger charge is 2.11. The van der Waals surface area contributed by atoms with Crippen molar-refractivity contribution in [2.24, 2.45) is 0 Å². The van der Waals surface area contributed by atoms with E-state index in [1.807, 2.05) is 25.1 Å². The fourth-order valence-corrected chi connectivity index (χ4v) is 2.13. The number of non-ortho nitro benzene ring substituents is 1. The zero-order valence-electron chi connectivity index (χ0n) is 11.6. The molecule has 0 aromatic heterocycles. The molecular weight excluding hydrogens is 294 g/mol. The van der Waals surface area contributed by atoms with Crippen molar-refractivity contribution in [3.05, 3.63) is 62.7 Å². The molecule has 0 aliphatic carbocycles. The quantitative estimate of drug-likeness (QED) is 0.615. The van der Waals surface area contributed by atoms with Gasteiger partial charge in [0, 0.05) is 17.7 Å². The summed E-state index contributed by atoms with van der Waals surface area (Å²) in [5.41, 5.74) is 1.90. The number of nitrogens with zero attached hydrogens (tertiary/aromatic N) is 1. The molecule has 0 spiro atoms. The number of benzene rings is 2. The first kappa shape index (κ1) is 15.1. The molecule has 0 aliphatic rings. The molecule has 0 radical (unpaired) electrons. The number of rotatable bonds is 5. The van der Waals surface area contributed by atoms with Gasteiger partial charge in [-0.1, -0.05) is 23.2 Å². The van der Waals surface area contributed by atoms with Crippen LogP contribution in [0.5, 0.6) is 11.5 Å². The Morgan fingerprint density at radius 3 is 2.52 bits per heavy atom. The van der Waals surface area contributed by atoms with Crippen LogP contribution in [0.2, 0.25) is 5.02 Å². The Balaban J connectivity index is 2.17. The van der Waals surface area contributed by atoms with Gasteiger partial charge in [0.25, 0.3) is 5.69 Å². The summed E-state index contributed by atoms with van der Waals surface area (Å²) in [4.78, 5) is 10.2. The van der Waals surface area contributed by atoms with Crippen LogP contribution in [0, 0.1) is 17.0 Å². The van der Waals surface area contributed by atoms with E-state index in [1.165, 1.54) is 18.2 Å². The molecule has 2 aromatic carbocycles. The second kappa shape index (κ2) is 6.45. The first-order valence-electron chi connectivity index (χ1n) is 6.21. The molecule has 110 valence electrons. The maximum atomic E-state index is 10.7. The average molecular weight is 308 g/mol. The third-order valence-corrected chi connectivity index (χ3v) is 3.24. The summed E-state index contributed by atoms with van der Waals surface area (Å²) in [6, 6.07) is 9.88. The predicted molar refractivity (Wildman–Crippen MR) is 80.2 cm³/mol. The van der Waals surface area contributed by atoms with Gasteiger partial charge in [0.2, 0.25) is 0 Å². The van der Waals surface area contributed by atoms with E-state index >= 15 is 0 Å².